The number of hydrogen-bond acceptors (Lipinski definition) is 8. The van der Waals surface area contributed by atoms with Crippen molar-refractivity contribution in [2.24, 2.45) is 0 Å². The molecule has 6 rings (SSSR count). The zero-order chi connectivity index (χ0) is 25.4. The number of rotatable bonds is 6. The predicted octanol–water partition coefficient (Wildman–Crippen LogP) is 3.35. The van der Waals surface area contributed by atoms with Crippen LogP contribution in [0.15, 0.2) is 78.4 Å². The fourth-order valence-electron chi connectivity index (χ4n) is 4.64. The molecule has 1 aliphatic rings. The second kappa shape index (κ2) is 9.40. The van der Waals surface area contributed by atoms with E-state index >= 15 is 0 Å². The first-order valence-corrected chi connectivity index (χ1v) is 12.0. The normalized spacial score (nSPS) is 13.4. The Kier molecular flexibility index (Phi) is 5.78. The van der Waals surface area contributed by atoms with E-state index in [-0.39, 0.29) is 12.1 Å². The van der Waals surface area contributed by atoms with Crippen molar-refractivity contribution in [3.63, 3.8) is 0 Å². The number of benzene rings is 1. The summed E-state index contributed by atoms with van der Waals surface area (Å²) in [6.07, 6.45) is 5.88. The summed E-state index contributed by atoms with van der Waals surface area (Å²) in [5.74, 6) is 0.921. The van der Waals surface area contributed by atoms with Gasteiger partial charge in [-0.2, -0.15) is 10.1 Å². The van der Waals surface area contributed by atoms with E-state index in [1.807, 2.05) is 30.3 Å². The van der Waals surface area contributed by atoms with E-state index in [9.17, 15) is 4.79 Å². The summed E-state index contributed by atoms with van der Waals surface area (Å²) < 4.78 is 3.25. The van der Waals surface area contributed by atoms with Crippen LogP contribution in [-0.4, -0.2) is 53.0 Å². The first-order valence-electron chi connectivity index (χ1n) is 12.0. The minimum Gasteiger partial charge on any atom is -0.324 e. The van der Waals surface area contributed by atoms with E-state index < -0.39 is 0 Å². The lowest BCUT2D eigenvalue weighted by Crippen LogP contribution is -2.26. The van der Waals surface area contributed by atoms with Gasteiger partial charge in [-0.1, -0.05) is 18.2 Å². The highest BCUT2D eigenvalue weighted by Crippen LogP contribution is 2.24. The summed E-state index contributed by atoms with van der Waals surface area (Å²) in [6, 6.07) is 15.5. The molecule has 0 saturated carbocycles. The molecule has 0 unspecified atom stereocenters. The zero-order valence-corrected chi connectivity index (χ0v) is 20.4. The third-order valence-electron chi connectivity index (χ3n) is 6.43. The van der Waals surface area contributed by atoms with Crippen molar-refractivity contribution in [3.05, 3.63) is 95.1 Å². The number of fused-ring (bicyclic) bond motifs is 2. The van der Waals surface area contributed by atoms with Crippen molar-refractivity contribution in [2.45, 2.75) is 19.5 Å². The maximum absolute atomic E-state index is 13.3. The molecule has 0 fully saturated rings. The standard InChI is InChI=1S/C27H25N9O/c1-3-13-35-26(37)21-16-28-27(30-20-10-9-18-11-14-34(2)17-19(18)15-20)32-25(21)36(35)24-8-4-6-22(31-24)23-7-5-12-29-33-23/h3-10,12,15-16H,1,11,13-14,17H2,2H3,(H,28,30,32). The number of nitrogens with one attached hydrogen (secondary N) is 1. The summed E-state index contributed by atoms with van der Waals surface area (Å²) in [6.45, 7) is 6.07. The Balaban J connectivity index is 1.44. The fraction of sp³-hybridized carbons (Fsp3) is 0.185. The molecule has 37 heavy (non-hydrogen) atoms. The first-order chi connectivity index (χ1) is 18.1. The number of allylic oxidation sites excluding steroid dienone is 1. The Hall–Kier alpha value is -4.70. The largest absolute Gasteiger partial charge is 0.324 e. The van der Waals surface area contributed by atoms with Crippen molar-refractivity contribution in [1.82, 2.24) is 39.4 Å². The number of hydrogen-bond donors (Lipinski definition) is 1. The molecule has 0 radical (unpaired) electrons. The smallest absolute Gasteiger partial charge is 0.278 e. The van der Waals surface area contributed by atoms with Gasteiger partial charge in [-0.05, 0) is 61.0 Å². The Labute approximate surface area is 212 Å². The molecular weight excluding hydrogens is 466 g/mol. The Morgan fingerprint density at radius 1 is 1.08 bits per heavy atom. The molecule has 1 aromatic carbocycles. The van der Waals surface area contributed by atoms with E-state index in [1.165, 1.54) is 11.1 Å². The highest BCUT2D eigenvalue weighted by atomic mass is 16.1. The van der Waals surface area contributed by atoms with Crippen LogP contribution in [-0.2, 0) is 19.5 Å². The van der Waals surface area contributed by atoms with E-state index in [4.69, 9.17) is 9.97 Å². The number of aromatic nitrogens is 7. The lowest BCUT2D eigenvalue weighted by Gasteiger charge is -2.25. The molecule has 0 bridgehead atoms. The maximum Gasteiger partial charge on any atom is 0.278 e. The molecule has 1 N–H and O–H groups in total. The highest BCUT2D eigenvalue weighted by molar-refractivity contribution is 5.77. The van der Waals surface area contributed by atoms with Gasteiger partial charge in [0.1, 0.15) is 11.1 Å². The van der Waals surface area contributed by atoms with Crippen LogP contribution in [0.4, 0.5) is 11.6 Å². The van der Waals surface area contributed by atoms with E-state index in [2.05, 4.69) is 51.2 Å². The molecule has 0 aliphatic carbocycles. The topological polar surface area (TPSA) is 107 Å². The van der Waals surface area contributed by atoms with Crippen LogP contribution in [0, 0.1) is 0 Å². The highest BCUT2D eigenvalue weighted by Gasteiger charge is 2.19. The molecular formula is C27H25N9O. The van der Waals surface area contributed by atoms with Crippen LogP contribution in [0.3, 0.4) is 0 Å². The second-order valence-corrected chi connectivity index (χ2v) is 9.00. The lowest BCUT2D eigenvalue weighted by atomic mass is 9.99. The Morgan fingerprint density at radius 2 is 1.97 bits per heavy atom. The fourth-order valence-corrected chi connectivity index (χ4v) is 4.64. The van der Waals surface area contributed by atoms with Gasteiger partial charge in [0.15, 0.2) is 11.5 Å². The quantitative estimate of drug-likeness (QED) is 0.361. The molecule has 4 aromatic heterocycles. The molecule has 5 aromatic rings. The summed E-state index contributed by atoms with van der Waals surface area (Å²) in [4.78, 5) is 29.5. The van der Waals surface area contributed by atoms with E-state index in [1.54, 1.807) is 33.9 Å². The van der Waals surface area contributed by atoms with Crippen LogP contribution < -0.4 is 10.9 Å². The van der Waals surface area contributed by atoms with Gasteiger partial charge in [0, 0.05) is 31.2 Å². The molecule has 10 heteroatoms. The maximum atomic E-state index is 13.3. The molecule has 0 saturated heterocycles. The van der Waals surface area contributed by atoms with Gasteiger partial charge in [-0.3, -0.25) is 4.79 Å². The molecule has 0 amide bonds. The van der Waals surface area contributed by atoms with Crippen LogP contribution in [0.25, 0.3) is 28.2 Å². The summed E-state index contributed by atoms with van der Waals surface area (Å²) in [5, 5.41) is 11.8. The molecule has 1 aliphatic heterocycles. The third-order valence-corrected chi connectivity index (χ3v) is 6.43. The van der Waals surface area contributed by atoms with E-state index in [0.29, 0.717) is 34.2 Å². The van der Waals surface area contributed by atoms with Crippen molar-refractivity contribution >= 4 is 22.7 Å². The predicted molar refractivity (Wildman–Crippen MR) is 142 cm³/mol. The van der Waals surface area contributed by atoms with Crippen molar-refractivity contribution in [2.75, 3.05) is 18.9 Å². The number of pyridine rings is 1. The van der Waals surface area contributed by atoms with Crippen molar-refractivity contribution in [1.29, 1.82) is 0 Å². The molecule has 10 nitrogen and oxygen atoms in total. The summed E-state index contributed by atoms with van der Waals surface area (Å²) in [7, 11) is 2.13. The SMILES string of the molecule is C=CCn1c(=O)c2cnc(Nc3ccc4c(c3)CN(C)CC4)nc2n1-c1cccc(-c2cccnn2)n1. The second-order valence-electron chi connectivity index (χ2n) is 9.00. The van der Waals surface area contributed by atoms with Gasteiger partial charge < -0.3 is 10.2 Å². The Morgan fingerprint density at radius 3 is 2.81 bits per heavy atom. The van der Waals surface area contributed by atoms with Gasteiger partial charge in [0.05, 0.1) is 12.2 Å². The number of nitrogens with zero attached hydrogens (tertiary/aromatic N) is 8. The average molecular weight is 492 g/mol. The van der Waals surface area contributed by atoms with Crippen LogP contribution in [0.5, 0.6) is 0 Å². The molecule has 5 heterocycles. The molecule has 0 atom stereocenters. The van der Waals surface area contributed by atoms with Gasteiger partial charge in [0.2, 0.25) is 5.95 Å². The lowest BCUT2D eigenvalue weighted by molar-refractivity contribution is 0.313. The van der Waals surface area contributed by atoms with Crippen LogP contribution in [0.2, 0.25) is 0 Å². The third kappa shape index (κ3) is 4.27. The first kappa shape index (κ1) is 22.7. The monoisotopic (exact) mass is 491 g/mol. The van der Waals surface area contributed by atoms with Gasteiger partial charge >= 0.3 is 0 Å². The zero-order valence-electron chi connectivity index (χ0n) is 20.4. The van der Waals surface area contributed by atoms with Crippen molar-refractivity contribution < 1.29 is 0 Å². The number of likely N-dealkylation sites (N-methyl/N-ethyl adjacent to an activating group) is 1. The van der Waals surface area contributed by atoms with Gasteiger partial charge in [-0.15, -0.1) is 11.7 Å². The van der Waals surface area contributed by atoms with Crippen LogP contribution in [0.1, 0.15) is 11.1 Å². The number of anilines is 2. The molecule has 0 spiro atoms. The summed E-state index contributed by atoms with van der Waals surface area (Å²) in [5.41, 5.74) is 5.06. The minimum atomic E-state index is -0.218. The van der Waals surface area contributed by atoms with Gasteiger partial charge in [0.25, 0.3) is 5.56 Å². The Bertz CT molecular complexity index is 1670. The van der Waals surface area contributed by atoms with Crippen molar-refractivity contribution in [3.8, 4) is 17.2 Å². The van der Waals surface area contributed by atoms with Gasteiger partial charge in [-0.25, -0.2) is 19.3 Å². The van der Waals surface area contributed by atoms with E-state index in [0.717, 1.165) is 25.2 Å². The summed E-state index contributed by atoms with van der Waals surface area (Å²) >= 11 is 0. The average Bonchev–Trinajstić information content (AvgIpc) is 3.20. The molecule has 184 valence electrons. The van der Waals surface area contributed by atoms with Crippen LogP contribution >= 0.6 is 0 Å². The minimum absolute atomic E-state index is 0.218.